The largest absolute Gasteiger partial charge is 0.321 e. The Labute approximate surface area is 117 Å². The zero-order chi connectivity index (χ0) is 13.8. The first kappa shape index (κ1) is 13.9. The fourth-order valence-electron chi connectivity index (χ4n) is 1.77. The third kappa shape index (κ3) is 3.49. The Morgan fingerprint density at radius 1 is 1.32 bits per heavy atom. The highest BCUT2D eigenvalue weighted by atomic mass is 32.1. The lowest BCUT2D eigenvalue weighted by Gasteiger charge is -2.12. The Hall–Kier alpha value is -1.52. The van der Waals surface area contributed by atoms with E-state index in [1.54, 1.807) is 0 Å². The molecule has 0 aliphatic carbocycles. The van der Waals surface area contributed by atoms with E-state index in [-0.39, 0.29) is 11.7 Å². The highest BCUT2D eigenvalue weighted by molar-refractivity contribution is 7.10. The molecule has 1 heterocycles. The van der Waals surface area contributed by atoms with Crippen LogP contribution >= 0.6 is 11.3 Å². The van der Waals surface area contributed by atoms with Gasteiger partial charge in [-0.1, -0.05) is 44.2 Å². The number of benzene rings is 1. The van der Waals surface area contributed by atoms with Gasteiger partial charge < -0.3 is 5.73 Å². The van der Waals surface area contributed by atoms with Crippen LogP contribution in [0.25, 0.3) is 11.3 Å². The molecule has 0 aliphatic heterocycles. The second-order valence-corrected chi connectivity index (χ2v) is 5.85. The lowest BCUT2D eigenvalue weighted by atomic mass is 9.99. The summed E-state index contributed by atoms with van der Waals surface area (Å²) in [6.07, 6.45) is 0.330. The molecule has 0 amide bonds. The predicted octanol–water partition coefficient (Wildman–Crippen LogP) is 2.91. The van der Waals surface area contributed by atoms with Gasteiger partial charge in [-0.15, -0.1) is 11.3 Å². The molecule has 0 spiro atoms. The van der Waals surface area contributed by atoms with Gasteiger partial charge in [-0.25, -0.2) is 4.98 Å². The summed E-state index contributed by atoms with van der Waals surface area (Å²) in [5, 5.41) is 2.82. The van der Waals surface area contributed by atoms with Gasteiger partial charge >= 0.3 is 0 Å². The third-order valence-electron chi connectivity index (χ3n) is 3.04. The molecule has 1 aromatic heterocycles. The number of hydrogen-bond acceptors (Lipinski definition) is 4. The summed E-state index contributed by atoms with van der Waals surface area (Å²) in [7, 11) is 0. The first-order chi connectivity index (χ1) is 9.08. The maximum Gasteiger partial charge on any atom is 0.156 e. The molecule has 0 radical (unpaired) electrons. The van der Waals surface area contributed by atoms with Gasteiger partial charge in [-0.2, -0.15) is 0 Å². The second-order valence-electron chi connectivity index (χ2n) is 4.91. The molecule has 0 saturated heterocycles. The molecule has 4 heteroatoms. The maximum atomic E-state index is 11.9. The molecule has 3 nitrogen and oxygen atoms in total. The zero-order valence-corrected chi connectivity index (χ0v) is 12.0. The van der Waals surface area contributed by atoms with Gasteiger partial charge in [0.2, 0.25) is 0 Å². The highest BCUT2D eigenvalue weighted by Crippen LogP contribution is 2.22. The molecule has 100 valence electrons. The van der Waals surface area contributed by atoms with Crippen LogP contribution in [0.2, 0.25) is 0 Å². The Morgan fingerprint density at radius 3 is 2.63 bits per heavy atom. The molecule has 0 saturated carbocycles. The van der Waals surface area contributed by atoms with Crippen LogP contribution in [0, 0.1) is 5.92 Å². The summed E-state index contributed by atoms with van der Waals surface area (Å²) in [4.78, 5) is 16.4. The quantitative estimate of drug-likeness (QED) is 0.912. The van der Waals surface area contributed by atoms with E-state index in [2.05, 4.69) is 4.98 Å². The monoisotopic (exact) mass is 274 g/mol. The van der Waals surface area contributed by atoms with Crippen LogP contribution in [-0.2, 0) is 11.2 Å². The van der Waals surface area contributed by atoms with Crippen LogP contribution in [0.15, 0.2) is 35.7 Å². The number of Topliss-reactive ketones (excluding diaryl/α,β-unsaturated/α-hetero) is 1. The summed E-state index contributed by atoms with van der Waals surface area (Å²) in [5.41, 5.74) is 7.85. The predicted molar refractivity (Wildman–Crippen MR) is 79.1 cm³/mol. The Bertz CT molecular complexity index is 548. The third-order valence-corrected chi connectivity index (χ3v) is 3.89. The first-order valence-electron chi connectivity index (χ1n) is 6.36. The Morgan fingerprint density at radius 2 is 2.00 bits per heavy atom. The van der Waals surface area contributed by atoms with Crippen molar-refractivity contribution in [2.24, 2.45) is 11.7 Å². The summed E-state index contributed by atoms with van der Waals surface area (Å²) in [6.45, 7) is 3.92. The van der Waals surface area contributed by atoms with Gasteiger partial charge in [-0.05, 0) is 5.92 Å². The van der Waals surface area contributed by atoms with Gasteiger partial charge in [0.1, 0.15) is 5.01 Å². The van der Waals surface area contributed by atoms with E-state index in [0.717, 1.165) is 16.3 Å². The minimum absolute atomic E-state index is 0.0592. The van der Waals surface area contributed by atoms with Crippen molar-refractivity contribution < 1.29 is 4.79 Å². The molecule has 2 N–H and O–H groups in total. The molecule has 19 heavy (non-hydrogen) atoms. The molecular weight excluding hydrogens is 256 g/mol. The van der Waals surface area contributed by atoms with Crippen molar-refractivity contribution >= 4 is 17.1 Å². The van der Waals surface area contributed by atoms with E-state index in [4.69, 9.17) is 5.73 Å². The maximum absolute atomic E-state index is 11.9. The first-order valence-corrected chi connectivity index (χ1v) is 7.24. The highest BCUT2D eigenvalue weighted by Gasteiger charge is 2.18. The van der Waals surface area contributed by atoms with Gasteiger partial charge in [0, 0.05) is 10.9 Å². The fourth-order valence-corrected chi connectivity index (χ4v) is 2.59. The van der Waals surface area contributed by atoms with E-state index in [0.29, 0.717) is 6.42 Å². The van der Waals surface area contributed by atoms with E-state index in [1.807, 2.05) is 49.6 Å². The molecule has 0 aliphatic rings. The number of thiazole rings is 1. The molecule has 2 rings (SSSR count). The van der Waals surface area contributed by atoms with E-state index >= 15 is 0 Å². The molecule has 1 aromatic carbocycles. The van der Waals surface area contributed by atoms with Crippen molar-refractivity contribution in [1.29, 1.82) is 0 Å². The van der Waals surface area contributed by atoms with Crippen molar-refractivity contribution in [2.75, 3.05) is 0 Å². The number of nitrogens with zero attached hydrogens (tertiary/aromatic N) is 1. The van der Waals surface area contributed by atoms with E-state index in [1.165, 1.54) is 11.3 Å². The van der Waals surface area contributed by atoms with Crippen LogP contribution in [0.1, 0.15) is 18.9 Å². The van der Waals surface area contributed by atoms with Gasteiger partial charge in [0.05, 0.1) is 18.2 Å². The zero-order valence-electron chi connectivity index (χ0n) is 11.2. The van der Waals surface area contributed by atoms with Crippen LogP contribution in [0.4, 0.5) is 0 Å². The lowest BCUT2D eigenvalue weighted by Crippen LogP contribution is -2.36. The second kappa shape index (κ2) is 6.08. The molecule has 0 fully saturated rings. The lowest BCUT2D eigenvalue weighted by molar-refractivity contribution is -0.120. The molecule has 1 unspecified atom stereocenters. The summed E-state index contributed by atoms with van der Waals surface area (Å²) in [5.74, 6) is 0.227. The van der Waals surface area contributed by atoms with Crippen molar-refractivity contribution in [3.05, 3.63) is 40.7 Å². The van der Waals surface area contributed by atoms with Crippen LogP contribution in [0.3, 0.4) is 0 Å². The van der Waals surface area contributed by atoms with Crippen molar-refractivity contribution in [1.82, 2.24) is 4.98 Å². The number of ketones is 1. The topological polar surface area (TPSA) is 56.0 Å². The van der Waals surface area contributed by atoms with Gasteiger partial charge in [0.15, 0.2) is 5.78 Å². The Kier molecular flexibility index (Phi) is 4.45. The molecular formula is C15H18N2OS. The number of rotatable bonds is 5. The fraction of sp³-hybridized carbons (Fsp3) is 0.333. The van der Waals surface area contributed by atoms with E-state index in [9.17, 15) is 4.79 Å². The van der Waals surface area contributed by atoms with Crippen molar-refractivity contribution in [3.8, 4) is 11.3 Å². The van der Waals surface area contributed by atoms with Gasteiger partial charge in [0.25, 0.3) is 0 Å². The number of hydrogen-bond donors (Lipinski definition) is 1. The number of nitrogens with two attached hydrogens (primary N) is 1. The average Bonchev–Trinajstić information content (AvgIpc) is 2.87. The van der Waals surface area contributed by atoms with Crippen LogP contribution < -0.4 is 5.73 Å². The SMILES string of the molecule is CC(C)C(N)C(=O)Cc1nc(-c2ccccc2)cs1. The number of carbonyl (C=O) groups is 1. The summed E-state index contributed by atoms with van der Waals surface area (Å²) in [6, 6.07) is 9.56. The van der Waals surface area contributed by atoms with Crippen LogP contribution in [-0.4, -0.2) is 16.8 Å². The minimum atomic E-state index is -0.399. The normalized spacial score (nSPS) is 12.6. The molecule has 0 bridgehead atoms. The average molecular weight is 274 g/mol. The van der Waals surface area contributed by atoms with Crippen molar-refractivity contribution in [3.63, 3.8) is 0 Å². The summed E-state index contributed by atoms with van der Waals surface area (Å²) < 4.78 is 0. The standard InChI is InChI=1S/C15H18N2OS/c1-10(2)15(16)13(18)8-14-17-12(9-19-14)11-6-4-3-5-7-11/h3-7,9-10,15H,8,16H2,1-2H3. The minimum Gasteiger partial charge on any atom is -0.321 e. The number of carbonyl (C=O) groups excluding carboxylic acids is 1. The van der Waals surface area contributed by atoms with E-state index < -0.39 is 6.04 Å². The number of aromatic nitrogens is 1. The van der Waals surface area contributed by atoms with Gasteiger partial charge in [-0.3, -0.25) is 4.79 Å². The molecule has 2 aromatic rings. The Balaban J connectivity index is 2.08. The summed E-state index contributed by atoms with van der Waals surface area (Å²) >= 11 is 1.51. The van der Waals surface area contributed by atoms with Crippen molar-refractivity contribution in [2.45, 2.75) is 26.3 Å². The van der Waals surface area contributed by atoms with Crippen LogP contribution in [0.5, 0.6) is 0 Å². The smallest absolute Gasteiger partial charge is 0.156 e. The molecule has 1 atom stereocenters.